The van der Waals surface area contributed by atoms with Gasteiger partial charge in [-0.05, 0) is 30.7 Å². The summed E-state index contributed by atoms with van der Waals surface area (Å²) in [5.41, 5.74) is 1.26. The van der Waals surface area contributed by atoms with Crippen molar-refractivity contribution in [3.8, 4) is 11.5 Å². The molecule has 0 saturated carbocycles. The molecule has 12 heavy (non-hydrogen) atoms. The van der Waals surface area contributed by atoms with Crippen molar-refractivity contribution in [2.45, 2.75) is 25.2 Å². The highest BCUT2D eigenvalue weighted by Gasteiger charge is 2.26. The van der Waals surface area contributed by atoms with Gasteiger partial charge in [0.05, 0.1) is 4.90 Å². The molecular weight excluding hydrogens is 168 g/mol. The third-order valence-corrected chi connectivity index (χ3v) is 3.14. The minimum Gasteiger partial charge on any atom is -0.448 e. The lowest BCUT2D eigenvalue weighted by Crippen LogP contribution is -1.72. The van der Waals surface area contributed by atoms with E-state index in [1.807, 2.05) is 11.8 Å². The molecule has 0 bridgehead atoms. The molecule has 0 aliphatic carbocycles. The standard InChI is InChI=1S/C10H12OS/c1-3-6-12-8-5-4-7(2)9-10(8)11-9/h4-5H,3,6H2,1-2H3. The van der Waals surface area contributed by atoms with Crippen LogP contribution in [0.3, 0.4) is 0 Å². The summed E-state index contributed by atoms with van der Waals surface area (Å²) in [6.45, 7) is 4.28. The minimum absolute atomic E-state index is 1.11. The van der Waals surface area contributed by atoms with Gasteiger partial charge < -0.3 is 4.74 Å². The zero-order chi connectivity index (χ0) is 8.55. The summed E-state index contributed by atoms with van der Waals surface area (Å²) in [4.78, 5) is 1.30. The normalized spacial score (nSPS) is 12.2. The van der Waals surface area contributed by atoms with Gasteiger partial charge in [-0.1, -0.05) is 13.0 Å². The van der Waals surface area contributed by atoms with E-state index >= 15 is 0 Å². The van der Waals surface area contributed by atoms with Crippen molar-refractivity contribution in [1.29, 1.82) is 0 Å². The van der Waals surface area contributed by atoms with Crippen LogP contribution in [-0.4, -0.2) is 5.75 Å². The third kappa shape index (κ3) is 1.31. The number of hydrogen-bond acceptors (Lipinski definition) is 2. The van der Waals surface area contributed by atoms with Gasteiger partial charge in [-0.3, -0.25) is 0 Å². The fourth-order valence-corrected chi connectivity index (χ4v) is 2.03. The summed E-state index contributed by atoms with van der Waals surface area (Å²) in [5.74, 6) is 3.41. The van der Waals surface area contributed by atoms with Crippen molar-refractivity contribution in [3.63, 3.8) is 0 Å². The number of thioether (sulfide) groups is 1. The van der Waals surface area contributed by atoms with Crippen LogP contribution in [0.25, 0.3) is 0 Å². The van der Waals surface area contributed by atoms with E-state index in [-0.39, 0.29) is 0 Å². The Bertz CT molecular complexity index is 307. The van der Waals surface area contributed by atoms with E-state index in [9.17, 15) is 0 Å². The van der Waals surface area contributed by atoms with Crippen LogP contribution in [0.1, 0.15) is 18.9 Å². The van der Waals surface area contributed by atoms with Crippen molar-refractivity contribution >= 4 is 11.8 Å². The van der Waals surface area contributed by atoms with Crippen molar-refractivity contribution in [2.24, 2.45) is 0 Å². The first kappa shape index (κ1) is 7.99. The zero-order valence-electron chi connectivity index (χ0n) is 7.39. The lowest BCUT2D eigenvalue weighted by Gasteiger charge is -1.94. The summed E-state index contributed by atoms with van der Waals surface area (Å²) in [7, 11) is 0. The van der Waals surface area contributed by atoms with Crippen molar-refractivity contribution in [2.75, 3.05) is 5.75 Å². The van der Waals surface area contributed by atoms with Gasteiger partial charge in [0, 0.05) is 0 Å². The van der Waals surface area contributed by atoms with Gasteiger partial charge in [0.1, 0.15) is 0 Å². The number of hydrogen-bond donors (Lipinski definition) is 0. The predicted octanol–water partition coefficient (Wildman–Crippen LogP) is 3.60. The molecule has 0 radical (unpaired) electrons. The summed E-state index contributed by atoms with van der Waals surface area (Å²) in [6.07, 6.45) is 1.22. The average Bonchev–Trinajstić information content (AvgIpc) is 2.83. The molecule has 0 spiro atoms. The molecule has 0 aromatic heterocycles. The summed E-state index contributed by atoms with van der Waals surface area (Å²) < 4.78 is 5.38. The molecule has 1 aliphatic heterocycles. The highest BCUT2D eigenvalue weighted by molar-refractivity contribution is 7.99. The highest BCUT2D eigenvalue weighted by Crippen LogP contribution is 2.53. The molecule has 64 valence electrons. The fraction of sp³-hybridized carbons (Fsp3) is 0.400. The van der Waals surface area contributed by atoms with Gasteiger partial charge in [-0.25, -0.2) is 0 Å². The molecule has 0 unspecified atom stereocenters. The Morgan fingerprint density at radius 2 is 2.17 bits per heavy atom. The van der Waals surface area contributed by atoms with Crippen LogP contribution in [0.15, 0.2) is 17.0 Å². The predicted molar refractivity (Wildman–Crippen MR) is 52.3 cm³/mol. The van der Waals surface area contributed by atoms with E-state index in [0.717, 1.165) is 11.5 Å². The molecule has 1 aromatic carbocycles. The maximum absolute atomic E-state index is 5.38. The molecule has 1 heterocycles. The van der Waals surface area contributed by atoms with Crippen molar-refractivity contribution < 1.29 is 4.74 Å². The molecule has 0 saturated heterocycles. The van der Waals surface area contributed by atoms with Gasteiger partial charge in [0.15, 0.2) is 11.5 Å². The number of benzene rings is 1. The first-order chi connectivity index (χ1) is 5.83. The van der Waals surface area contributed by atoms with E-state index in [1.165, 1.54) is 22.6 Å². The maximum Gasteiger partial charge on any atom is 0.183 e. The van der Waals surface area contributed by atoms with E-state index in [1.54, 1.807) is 0 Å². The Labute approximate surface area is 77.1 Å². The molecule has 0 fully saturated rings. The summed E-state index contributed by atoms with van der Waals surface area (Å²) in [6, 6.07) is 4.28. The number of fused-ring (bicyclic) bond motifs is 1. The van der Waals surface area contributed by atoms with Crippen molar-refractivity contribution in [3.05, 3.63) is 17.7 Å². The van der Waals surface area contributed by atoms with Gasteiger partial charge in [0.25, 0.3) is 0 Å². The molecule has 0 amide bonds. The van der Waals surface area contributed by atoms with Crippen LogP contribution >= 0.6 is 11.8 Å². The molecular formula is C10H12OS. The third-order valence-electron chi connectivity index (χ3n) is 1.90. The molecule has 1 aliphatic rings. The number of rotatable bonds is 3. The van der Waals surface area contributed by atoms with Crippen LogP contribution < -0.4 is 4.74 Å². The first-order valence-corrected chi connectivity index (χ1v) is 5.25. The molecule has 1 aromatic rings. The van der Waals surface area contributed by atoms with Gasteiger partial charge >= 0.3 is 0 Å². The SMILES string of the molecule is CCCSc1ccc(C)c2c1O2. The monoisotopic (exact) mass is 180 g/mol. The quantitative estimate of drug-likeness (QED) is 0.528. The fourth-order valence-electron chi connectivity index (χ4n) is 1.18. The zero-order valence-corrected chi connectivity index (χ0v) is 8.20. The summed E-state index contributed by atoms with van der Waals surface area (Å²) in [5, 5.41) is 0. The maximum atomic E-state index is 5.38. The lowest BCUT2D eigenvalue weighted by molar-refractivity contribution is 0.638. The molecule has 0 N–H and O–H groups in total. The van der Waals surface area contributed by atoms with Crippen LogP contribution in [0, 0.1) is 6.92 Å². The Balaban J connectivity index is 2.15. The molecule has 0 atom stereocenters. The lowest BCUT2D eigenvalue weighted by atomic mass is 10.2. The smallest absolute Gasteiger partial charge is 0.183 e. The second kappa shape index (κ2) is 3.02. The second-order valence-electron chi connectivity index (χ2n) is 2.99. The van der Waals surface area contributed by atoms with Crippen LogP contribution in [0.4, 0.5) is 0 Å². The number of aryl methyl sites for hydroxylation is 1. The van der Waals surface area contributed by atoms with E-state index in [0.29, 0.717) is 0 Å². The van der Waals surface area contributed by atoms with Gasteiger partial charge in [0.2, 0.25) is 0 Å². The minimum atomic E-state index is 1.11. The average molecular weight is 180 g/mol. The first-order valence-electron chi connectivity index (χ1n) is 4.27. The van der Waals surface area contributed by atoms with Crippen LogP contribution in [0.5, 0.6) is 11.5 Å². The topological polar surface area (TPSA) is 12.5 Å². The molecule has 2 heteroatoms. The van der Waals surface area contributed by atoms with E-state index in [2.05, 4.69) is 26.0 Å². The van der Waals surface area contributed by atoms with Crippen molar-refractivity contribution in [1.82, 2.24) is 0 Å². The van der Waals surface area contributed by atoms with Gasteiger partial charge in [-0.2, -0.15) is 0 Å². The Morgan fingerprint density at radius 1 is 1.33 bits per heavy atom. The highest BCUT2D eigenvalue weighted by atomic mass is 32.2. The Hall–Kier alpha value is -0.630. The Kier molecular flexibility index (Phi) is 2.01. The van der Waals surface area contributed by atoms with Crippen LogP contribution in [0.2, 0.25) is 0 Å². The van der Waals surface area contributed by atoms with Gasteiger partial charge in [-0.15, -0.1) is 11.8 Å². The van der Waals surface area contributed by atoms with Crippen LogP contribution in [-0.2, 0) is 0 Å². The molecule has 1 nitrogen and oxygen atoms in total. The largest absolute Gasteiger partial charge is 0.448 e. The Morgan fingerprint density at radius 3 is 2.92 bits per heavy atom. The van der Waals surface area contributed by atoms with E-state index in [4.69, 9.17) is 4.74 Å². The number of ether oxygens (including phenoxy) is 1. The molecule has 2 rings (SSSR count). The van der Waals surface area contributed by atoms with E-state index < -0.39 is 0 Å². The second-order valence-corrected chi connectivity index (χ2v) is 4.13. The summed E-state index contributed by atoms with van der Waals surface area (Å²) >= 11 is 1.88.